The summed E-state index contributed by atoms with van der Waals surface area (Å²) in [5, 5.41) is 12.8. The lowest BCUT2D eigenvalue weighted by Crippen LogP contribution is -2.33. The molecule has 0 aliphatic rings. The van der Waals surface area contributed by atoms with Crippen LogP contribution in [-0.4, -0.2) is 56.7 Å². The van der Waals surface area contributed by atoms with E-state index in [4.69, 9.17) is 5.11 Å². The summed E-state index contributed by atoms with van der Waals surface area (Å²) in [6.07, 6.45) is 0. The summed E-state index contributed by atoms with van der Waals surface area (Å²) in [7, 11) is -0.419. The summed E-state index contributed by atoms with van der Waals surface area (Å²) in [5.41, 5.74) is 0.430. The molecule has 1 amide bonds. The summed E-state index contributed by atoms with van der Waals surface area (Å²) in [4.78, 5) is 12.4. The van der Waals surface area contributed by atoms with E-state index in [0.29, 0.717) is 10.4 Å². The number of aliphatic hydroxyl groups is 1. The number of hydrogen-bond donors (Lipinski definition) is 2. The number of sulfonamides is 1. The Morgan fingerprint density at radius 1 is 1.50 bits per heavy atom. The number of carbonyl (C=O) groups is 1. The lowest BCUT2D eigenvalue weighted by atomic mass is 10.3. The zero-order valence-corrected chi connectivity index (χ0v) is 12.8. The third kappa shape index (κ3) is 4.94. The van der Waals surface area contributed by atoms with E-state index in [9.17, 15) is 13.2 Å². The number of thiophene rings is 1. The quantitative estimate of drug-likeness (QED) is 0.731. The molecule has 0 spiro atoms. The minimum Gasteiger partial charge on any atom is -0.384 e. The third-order valence-electron chi connectivity index (χ3n) is 2.35. The number of nitrogens with one attached hydrogen (secondary N) is 1. The Balaban J connectivity index is 2.54. The molecule has 0 saturated carbocycles. The molecule has 8 heteroatoms. The van der Waals surface area contributed by atoms with Crippen LogP contribution in [0.3, 0.4) is 0 Å². The first-order chi connectivity index (χ1) is 9.36. The van der Waals surface area contributed by atoms with Crippen LogP contribution in [0.15, 0.2) is 11.4 Å². The molecule has 2 N–H and O–H groups in total. The van der Waals surface area contributed by atoms with Crippen molar-refractivity contribution in [2.24, 2.45) is 0 Å². The van der Waals surface area contributed by atoms with Crippen molar-refractivity contribution in [3.8, 4) is 11.8 Å². The predicted octanol–water partition coefficient (Wildman–Crippen LogP) is -0.287. The Labute approximate surface area is 122 Å². The van der Waals surface area contributed by atoms with Gasteiger partial charge in [0.1, 0.15) is 6.61 Å². The summed E-state index contributed by atoms with van der Waals surface area (Å²) in [6, 6.07) is 1.60. The van der Waals surface area contributed by atoms with Crippen molar-refractivity contribution in [2.75, 3.05) is 33.0 Å². The van der Waals surface area contributed by atoms with E-state index >= 15 is 0 Å². The number of nitrogens with zero attached hydrogens (tertiary/aromatic N) is 1. The molecule has 20 heavy (non-hydrogen) atoms. The van der Waals surface area contributed by atoms with Crippen LogP contribution in [0.2, 0.25) is 0 Å². The van der Waals surface area contributed by atoms with Crippen LogP contribution in [0.4, 0.5) is 0 Å². The maximum Gasteiger partial charge on any atom is 0.252 e. The molecule has 1 aromatic heterocycles. The molecule has 0 bridgehead atoms. The maximum atomic E-state index is 11.8. The molecule has 0 aliphatic carbocycles. The number of aliphatic hydroxyl groups excluding tert-OH is 1. The first-order valence-electron chi connectivity index (χ1n) is 5.73. The lowest BCUT2D eigenvalue weighted by molar-refractivity contribution is 0.0956. The number of hydrogen-bond acceptors (Lipinski definition) is 5. The second-order valence-electron chi connectivity index (χ2n) is 4.01. The van der Waals surface area contributed by atoms with Crippen LogP contribution in [0, 0.1) is 11.8 Å². The highest BCUT2D eigenvalue weighted by atomic mass is 32.2. The molecule has 0 radical (unpaired) electrons. The highest BCUT2D eigenvalue weighted by Gasteiger charge is 2.14. The highest BCUT2D eigenvalue weighted by molar-refractivity contribution is 7.89. The first kappa shape index (κ1) is 16.7. The zero-order valence-electron chi connectivity index (χ0n) is 11.2. The van der Waals surface area contributed by atoms with Gasteiger partial charge in [-0.1, -0.05) is 11.8 Å². The van der Waals surface area contributed by atoms with Gasteiger partial charge in [-0.3, -0.25) is 4.79 Å². The van der Waals surface area contributed by atoms with Crippen molar-refractivity contribution in [1.29, 1.82) is 0 Å². The van der Waals surface area contributed by atoms with Crippen molar-refractivity contribution in [3.05, 3.63) is 21.9 Å². The van der Waals surface area contributed by atoms with Gasteiger partial charge in [0.05, 0.1) is 16.2 Å². The standard InChI is InChI=1S/C12H16N2O4S2/c1-14(2)20(17,18)7-5-13-12(16)10-8-11(19-9-10)4-3-6-15/h8-9,15H,5-7H2,1-2H3,(H,13,16). The van der Waals surface area contributed by atoms with E-state index < -0.39 is 10.0 Å². The zero-order chi connectivity index (χ0) is 15.2. The minimum absolute atomic E-state index is 0.0485. The van der Waals surface area contributed by atoms with Gasteiger partial charge < -0.3 is 10.4 Å². The van der Waals surface area contributed by atoms with Crippen molar-refractivity contribution >= 4 is 27.3 Å². The Morgan fingerprint density at radius 2 is 2.20 bits per heavy atom. The molecule has 0 unspecified atom stereocenters. The molecule has 0 saturated heterocycles. The van der Waals surface area contributed by atoms with E-state index in [2.05, 4.69) is 17.2 Å². The molecule has 1 rings (SSSR count). The van der Waals surface area contributed by atoms with E-state index in [-0.39, 0.29) is 24.8 Å². The van der Waals surface area contributed by atoms with Gasteiger partial charge in [0.2, 0.25) is 10.0 Å². The van der Waals surface area contributed by atoms with E-state index in [0.717, 1.165) is 4.31 Å². The van der Waals surface area contributed by atoms with E-state index in [1.807, 2.05) is 0 Å². The van der Waals surface area contributed by atoms with Gasteiger partial charge in [0.15, 0.2) is 0 Å². The molecule has 0 aromatic carbocycles. The number of carbonyl (C=O) groups excluding carboxylic acids is 1. The average molecular weight is 316 g/mol. The van der Waals surface area contributed by atoms with Gasteiger partial charge in [-0.2, -0.15) is 0 Å². The topological polar surface area (TPSA) is 86.7 Å². The third-order valence-corrected chi connectivity index (χ3v) is 5.03. The van der Waals surface area contributed by atoms with Crippen molar-refractivity contribution in [3.63, 3.8) is 0 Å². The monoisotopic (exact) mass is 316 g/mol. The SMILES string of the molecule is CN(C)S(=O)(=O)CCNC(=O)c1csc(C#CCO)c1. The number of amides is 1. The van der Waals surface area contributed by atoms with E-state index in [1.165, 1.54) is 25.4 Å². The van der Waals surface area contributed by atoms with Gasteiger partial charge in [-0.05, 0) is 6.07 Å². The average Bonchev–Trinajstić information content (AvgIpc) is 2.84. The van der Waals surface area contributed by atoms with Crippen LogP contribution in [-0.2, 0) is 10.0 Å². The van der Waals surface area contributed by atoms with Crippen LogP contribution in [0.25, 0.3) is 0 Å². The van der Waals surface area contributed by atoms with Crippen LogP contribution in [0.1, 0.15) is 15.2 Å². The Kier molecular flexibility index (Phi) is 6.16. The van der Waals surface area contributed by atoms with Crippen LogP contribution >= 0.6 is 11.3 Å². The fourth-order valence-electron chi connectivity index (χ4n) is 1.23. The molecule has 0 aliphatic heterocycles. The Morgan fingerprint density at radius 3 is 2.80 bits per heavy atom. The minimum atomic E-state index is -3.31. The van der Waals surface area contributed by atoms with E-state index in [1.54, 1.807) is 11.4 Å². The lowest BCUT2D eigenvalue weighted by Gasteiger charge is -2.11. The fraction of sp³-hybridized carbons (Fsp3) is 0.417. The molecular weight excluding hydrogens is 300 g/mol. The molecule has 110 valence electrons. The van der Waals surface area contributed by atoms with Gasteiger partial charge in [0, 0.05) is 26.0 Å². The van der Waals surface area contributed by atoms with Gasteiger partial charge in [0.25, 0.3) is 5.91 Å². The predicted molar refractivity (Wildman–Crippen MR) is 78.1 cm³/mol. The molecule has 1 heterocycles. The van der Waals surface area contributed by atoms with Gasteiger partial charge in [-0.15, -0.1) is 11.3 Å². The smallest absolute Gasteiger partial charge is 0.252 e. The highest BCUT2D eigenvalue weighted by Crippen LogP contribution is 2.13. The maximum absolute atomic E-state index is 11.8. The van der Waals surface area contributed by atoms with Crippen LogP contribution in [0.5, 0.6) is 0 Å². The molecule has 0 fully saturated rings. The number of rotatable bonds is 5. The van der Waals surface area contributed by atoms with Crippen molar-refractivity contribution < 1.29 is 18.3 Å². The summed E-state index contributed by atoms with van der Waals surface area (Å²) >= 11 is 1.29. The molecular formula is C12H16N2O4S2. The van der Waals surface area contributed by atoms with Gasteiger partial charge >= 0.3 is 0 Å². The molecule has 1 aromatic rings. The Hall–Kier alpha value is -1.40. The molecule has 6 nitrogen and oxygen atoms in total. The normalized spacial score (nSPS) is 11.0. The fourth-order valence-corrected chi connectivity index (χ4v) is 2.71. The molecule has 0 atom stereocenters. The van der Waals surface area contributed by atoms with Crippen molar-refractivity contribution in [1.82, 2.24) is 9.62 Å². The second-order valence-corrected chi connectivity index (χ2v) is 7.23. The van der Waals surface area contributed by atoms with Gasteiger partial charge in [-0.25, -0.2) is 12.7 Å². The van der Waals surface area contributed by atoms with Crippen molar-refractivity contribution in [2.45, 2.75) is 0 Å². The summed E-state index contributed by atoms with van der Waals surface area (Å²) in [5.74, 6) is 4.71. The Bertz CT molecular complexity index is 623. The van der Waals surface area contributed by atoms with Crippen LogP contribution < -0.4 is 5.32 Å². The summed E-state index contributed by atoms with van der Waals surface area (Å²) in [6.45, 7) is -0.186. The first-order valence-corrected chi connectivity index (χ1v) is 8.22. The largest absolute Gasteiger partial charge is 0.384 e. The summed E-state index contributed by atoms with van der Waals surface area (Å²) < 4.78 is 24.1. The second kappa shape index (κ2) is 7.40.